The first-order chi connectivity index (χ1) is 13.5. The van der Waals surface area contributed by atoms with Gasteiger partial charge in [0.2, 0.25) is 16.2 Å². The van der Waals surface area contributed by atoms with Crippen LogP contribution in [0.4, 0.5) is 19.6 Å². The average molecular weight is 468 g/mol. The van der Waals surface area contributed by atoms with Gasteiger partial charge in [0.05, 0.1) is 11.6 Å². The van der Waals surface area contributed by atoms with Crippen molar-refractivity contribution in [2.24, 2.45) is 5.92 Å². The van der Waals surface area contributed by atoms with Gasteiger partial charge < -0.3 is 10.2 Å². The number of halogens is 3. The van der Waals surface area contributed by atoms with Crippen LogP contribution in [0.1, 0.15) is 12.8 Å². The van der Waals surface area contributed by atoms with Crippen LogP contribution in [-0.2, 0) is 4.79 Å². The molecule has 28 heavy (non-hydrogen) atoms. The molecule has 0 aliphatic carbocycles. The third kappa shape index (κ3) is 3.93. The number of anilines is 2. The summed E-state index contributed by atoms with van der Waals surface area (Å²) in [6.45, 7) is 1.24. The van der Waals surface area contributed by atoms with Crippen LogP contribution in [0, 0.1) is 17.6 Å². The topological polar surface area (TPSA) is 63.1 Å². The smallest absolute Gasteiger partial charge is 0.229 e. The summed E-state index contributed by atoms with van der Waals surface area (Å²) in [4.78, 5) is 14.7. The zero-order valence-corrected chi connectivity index (χ0v) is 17.0. The predicted molar refractivity (Wildman–Crippen MR) is 107 cm³/mol. The Balaban J connectivity index is 1.46. The highest BCUT2D eigenvalue weighted by Crippen LogP contribution is 2.30. The van der Waals surface area contributed by atoms with Crippen molar-refractivity contribution in [3.63, 3.8) is 0 Å². The van der Waals surface area contributed by atoms with Crippen LogP contribution in [0.25, 0.3) is 5.13 Å². The maximum atomic E-state index is 14.0. The number of carbonyl (C=O) groups excluding carboxylic acids is 1. The van der Waals surface area contributed by atoms with E-state index >= 15 is 0 Å². The van der Waals surface area contributed by atoms with Gasteiger partial charge in [-0.2, -0.15) is 0 Å². The molecule has 1 atom stereocenters. The molecule has 6 nitrogen and oxygen atoms in total. The highest BCUT2D eigenvalue weighted by atomic mass is 79.9. The third-order valence-electron chi connectivity index (χ3n) is 4.55. The molecular formula is C18H16BrF2N5OS. The summed E-state index contributed by atoms with van der Waals surface area (Å²) in [5, 5.41) is 12.5. The molecule has 1 aromatic carbocycles. The summed E-state index contributed by atoms with van der Waals surface area (Å²) in [7, 11) is 0. The predicted octanol–water partition coefficient (Wildman–Crippen LogP) is 4.22. The van der Waals surface area contributed by atoms with Crippen LogP contribution in [0.5, 0.6) is 0 Å². The van der Waals surface area contributed by atoms with Crippen LogP contribution in [0.15, 0.2) is 41.1 Å². The van der Waals surface area contributed by atoms with Crippen LogP contribution in [-0.4, -0.2) is 33.8 Å². The number of rotatable bonds is 4. The minimum atomic E-state index is -0.812. The monoisotopic (exact) mass is 467 g/mol. The molecule has 2 aromatic heterocycles. The highest BCUT2D eigenvalue weighted by Gasteiger charge is 2.28. The summed E-state index contributed by atoms with van der Waals surface area (Å²) in [5.41, 5.74) is -0.0469. The largest absolute Gasteiger partial charge is 0.346 e. The van der Waals surface area contributed by atoms with Gasteiger partial charge in [0.25, 0.3) is 0 Å². The van der Waals surface area contributed by atoms with Gasteiger partial charge in [0.15, 0.2) is 5.82 Å². The molecule has 1 aliphatic rings. The number of hydrogen-bond acceptors (Lipinski definition) is 5. The normalized spacial score (nSPS) is 17.0. The van der Waals surface area contributed by atoms with Crippen molar-refractivity contribution in [3.05, 3.63) is 52.8 Å². The Bertz CT molecular complexity index is 971. The Morgan fingerprint density at radius 2 is 1.96 bits per heavy atom. The van der Waals surface area contributed by atoms with Gasteiger partial charge in [0, 0.05) is 36.0 Å². The average Bonchev–Trinajstić information content (AvgIpc) is 3.36. The van der Waals surface area contributed by atoms with Crippen molar-refractivity contribution < 1.29 is 13.6 Å². The highest BCUT2D eigenvalue weighted by molar-refractivity contribution is 9.10. The van der Waals surface area contributed by atoms with Gasteiger partial charge in [0.1, 0.15) is 5.82 Å². The first-order valence-corrected chi connectivity index (χ1v) is 10.3. The van der Waals surface area contributed by atoms with Crippen LogP contribution in [0.2, 0.25) is 0 Å². The standard InChI is InChI=1S/C18H16BrF2N5OS/c19-13-8-12(20)9-14(21)15(13)22-16(27)11-4-3-7-26(10-11)18-24-23-17(28-18)25-5-1-2-6-25/h1-2,5-6,8-9,11H,3-4,7,10H2,(H,22,27)/t11-/m0/s1. The number of hydrogen-bond donors (Lipinski definition) is 1. The zero-order chi connectivity index (χ0) is 19.7. The van der Waals surface area contributed by atoms with Gasteiger partial charge in [-0.15, -0.1) is 10.2 Å². The summed E-state index contributed by atoms with van der Waals surface area (Å²) in [5.74, 6) is -2.15. The Morgan fingerprint density at radius 1 is 1.21 bits per heavy atom. The van der Waals surface area contributed by atoms with Crippen LogP contribution >= 0.6 is 27.3 Å². The zero-order valence-electron chi connectivity index (χ0n) is 14.6. The SMILES string of the molecule is O=C(Nc1c(F)cc(F)cc1Br)[C@H]1CCCN(c2nnc(-n3cccc3)s2)C1. The molecule has 1 N–H and O–H groups in total. The van der Waals surface area contributed by atoms with E-state index in [1.54, 1.807) is 0 Å². The second kappa shape index (κ2) is 7.96. The van der Waals surface area contributed by atoms with Gasteiger partial charge in [-0.05, 0) is 47.0 Å². The molecule has 4 rings (SSSR count). The first kappa shape index (κ1) is 19.0. The van der Waals surface area contributed by atoms with E-state index in [1.807, 2.05) is 34.0 Å². The van der Waals surface area contributed by atoms with Gasteiger partial charge in [-0.25, -0.2) is 8.78 Å². The second-order valence-electron chi connectivity index (χ2n) is 6.48. The molecule has 0 bridgehead atoms. The van der Waals surface area contributed by atoms with E-state index in [1.165, 1.54) is 11.3 Å². The molecule has 3 aromatic rings. The summed E-state index contributed by atoms with van der Waals surface area (Å²) >= 11 is 4.54. The molecule has 1 saturated heterocycles. The fourth-order valence-corrected chi connectivity index (χ4v) is 4.51. The number of carbonyl (C=O) groups is 1. The molecule has 1 aliphatic heterocycles. The molecule has 10 heteroatoms. The minimum Gasteiger partial charge on any atom is -0.346 e. The number of nitrogens with one attached hydrogen (secondary N) is 1. The minimum absolute atomic E-state index is 0.0469. The lowest BCUT2D eigenvalue weighted by Gasteiger charge is -2.31. The lowest BCUT2D eigenvalue weighted by Crippen LogP contribution is -2.40. The molecule has 3 heterocycles. The first-order valence-electron chi connectivity index (χ1n) is 8.68. The number of benzene rings is 1. The molecule has 0 saturated carbocycles. The molecule has 0 radical (unpaired) electrons. The number of aromatic nitrogens is 3. The van der Waals surface area contributed by atoms with Crippen molar-refractivity contribution in [3.8, 4) is 5.13 Å². The Kier molecular flexibility index (Phi) is 5.40. The molecule has 1 fully saturated rings. The van der Waals surface area contributed by atoms with E-state index in [4.69, 9.17) is 0 Å². The van der Waals surface area contributed by atoms with Crippen molar-refractivity contribution in [2.45, 2.75) is 12.8 Å². The lowest BCUT2D eigenvalue weighted by atomic mass is 9.97. The van der Waals surface area contributed by atoms with E-state index in [-0.39, 0.29) is 22.0 Å². The van der Waals surface area contributed by atoms with Crippen molar-refractivity contribution in [1.29, 1.82) is 0 Å². The second-order valence-corrected chi connectivity index (χ2v) is 8.27. The third-order valence-corrected chi connectivity index (χ3v) is 6.17. The van der Waals surface area contributed by atoms with Gasteiger partial charge in [-0.3, -0.25) is 9.36 Å². The lowest BCUT2D eigenvalue weighted by molar-refractivity contribution is -0.120. The molecule has 0 unspecified atom stereocenters. The number of piperidine rings is 1. The van der Waals surface area contributed by atoms with Crippen LogP contribution < -0.4 is 10.2 Å². The molecule has 1 amide bonds. The van der Waals surface area contributed by atoms with E-state index in [9.17, 15) is 13.6 Å². The van der Waals surface area contributed by atoms with Crippen molar-refractivity contribution in [1.82, 2.24) is 14.8 Å². The number of amides is 1. The quantitative estimate of drug-likeness (QED) is 0.623. The maximum absolute atomic E-state index is 14.0. The summed E-state index contributed by atoms with van der Waals surface area (Å²) in [6.07, 6.45) is 5.29. The number of nitrogens with zero attached hydrogens (tertiary/aromatic N) is 4. The molecule has 0 spiro atoms. The Morgan fingerprint density at radius 3 is 2.71 bits per heavy atom. The van der Waals surface area contributed by atoms with E-state index in [2.05, 4.69) is 31.4 Å². The maximum Gasteiger partial charge on any atom is 0.229 e. The fraction of sp³-hybridized carbons (Fsp3) is 0.278. The van der Waals surface area contributed by atoms with Gasteiger partial charge in [-0.1, -0.05) is 11.3 Å². The molecule has 146 valence electrons. The summed E-state index contributed by atoms with van der Waals surface area (Å²) < 4.78 is 29.3. The van der Waals surface area contributed by atoms with Crippen molar-refractivity contribution in [2.75, 3.05) is 23.3 Å². The van der Waals surface area contributed by atoms with Crippen LogP contribution in [0.3, 0.4) is 0 Å². The van der Waals surface area contributed by atoms with Gasteiger partial charge >= 0.3 is 0 Å². The van der Waals surface area contributed by atoms with Crippen molar-refractivity contribution >= 4 is 44.0 Å². The Hall–Kier alpha value is -2.33. The Labute approximate surface area is 172 Å². The fourth-order valence-electron chi connectivity index (χ4n) is 3.15. The summed E-state index contributed by atoms with van der Waals surface area (Å²) in [6, 6.07) is 5.69. The molecular weight excluding hydrogens is 452 g/mol. The van der Waals surface area contributed by atoms with E-state index in [0.29, 0.717) is 13.0 Å². The van der Waals surface area contributed by atoms with E-state index < -0.39 is 11.6 Å². The van der Waals surface area contributed by atoms with E-state index in [0.717, 1.165) is 35.4 Å².